The highest BCUT2D eigenvalue weighted by Crippen LogP contribution is 2.52. The minimum absolute atomic E-state index is 0.00750. The molecule has 2 heterocycles. The molecule has 6 N–H and O–H groups in total. The van der Waals surface area contributed by atoms with Gasteiger partial charge in [-0.05, 0) is 117 Å². The summed E-state index contributed by atoms with van der Waals surface area (Å²) in [5, 5.41) is 20.9. The van der Waals surface area contributed by atoms with Crippen LogP contribution in [0.15, 0.2) is 61.3 Å². The van der Waals surface area contributed by atoms with Crippen LogP contribution in [0.1, 0.15) is 155 Å². The lowest BCUT2D eigenvalue weighted by atomic mass is 9.60. The Bertz CT molecular complexity index is 2500. The Balaban J connectivity index is 0.000000394. The van der Waals surface area contributed by atoms with Gasteiger partial charge in [0.15, 0.2) is 10.9 Å². The summed E-state index contributed by atoms with van der Waals surface area (Å²) in [5.41, 5.74) is 9.24. The molecule has 0 aliphatic heterocycles. The number of nitrogen functional groups attached to an aromatic ring is 1. The number of hydrogen-bond donors (Lipinski definition) is 5. The second-order valence-electron chi connectivity index (χ2n) is 24.6. The second-order valence-corrected chi connectivity index (χ2v) is 24.6. The van der Waals surface area contributed by atoms with Crippen LogP contribution in [0.5, 0.6) is 0 Å². The summed E-state index contributed by atoms with van der Waals surface area (Å²) in [6.45, 7) is 33.8. The van der Waals surface area contributed by atoms with Crippen molar-refractivity contribution < 1.29 is 29.0 Å². The van der Waals surface area contributed by atoms with E-state index in [0.29, 0.717) is 73.7 Å². The molecule has 5 rings (SSSR count). The Hall–Kier alpha value is -5.83. The molecule has 3 aliphatic carbocycles. The van der Waals surface area contributed by atoms with Crippen molar-refractivity contribution in [3.63, 3.8) is 0 Å². The number of aliphatic hydroxyl groups is 1. The van der Waals surface area contributed by atoms with E-state index in [1.807, 2.05) is 13.2 Å². The summed E-state index contributed by atoms with van der Waals surface area (Å²) < 4.78 is 11.2. The lowest BCUT2D eigenvalue weighted by molar-refractivity contribution is 0.00406. The fraction of sp³-hybridized carbons (Fsp3) is 0.679. The SMILES string of the molecule is C=C(CC1CC(C)(C)CC(C)(CN=C=O)C1)Nc1cc(=O)c(CCOC(=C)CC2CC(C)(C)CC(C)(COC#N)C2)c(C)[nH]1.CC1(C)CC(N=C=O)CC(C)(CN=C=O)C1.Cc1[nH]c(N)cc(=O)c1CCO. The predicted octanol–water partition coefficient (Wildman–Crippen LogP) is 10.0. The second kappa shape index (κ2) is 26.2. The molecule has 0 bridgehead atoms. The maximum Gasteiger partial charge on any atom is 0.286 e. The normalized spacial score (nSPS) is 25.6. The van der Waals surface area contributed by atoms with Crippen LogP contribution in [0.3, 0.4) is 0 Å². The number of pyridine rings is 2. The van der Waals surface area contributed by atoms with Crippen molar-refractivity contribution in [2.75, 3.05) is 44.0 Å². The minimum Gasteiger partial charge on any atom is -0.498 e. The molecule has 0 aromatic carbocycles. The number of nitrogens with one attached hydrogen (secondary N) is 3. The Labute approximate surface area is 427 Å². The molecule has 72 heavy (non-hydrogen) atoms. The molecule has 0 radical (unpaired) electrons. The molecule has 0 amide bonds. The number of aryl methyl sites for hydroxylation is 2. The third kappa shape index (κ3) is 20.0. The zero-order valence-electron chi connectivity index (χ0n) is 45.2. The first-order valence-corrected chi connectivity index (χ1v) is 25.2. The topological polar surface area (TPSA) is 255 Å². The third-order valence-corrected chi connectivity index (χ3v) is 14.3. The number of carbonyl (C=O) groups excluding carboxylic acids is 3. The number of aromatic nitrogens is 2. The first-order chi connectivity index (χ1) is 33.5. The van der Waals surface area contributed by atoms with Crippen LogP contribution in [0.4, 0.5) is 11.6 Å². The number of anilines is 2. The molecule has 2 aromatic rings. The number of nitriles is 1. The van der Waals surface area contributed by atoms with Gasteiger partial charge in [-0.1, -0.05) is 75.5 Å². The number of nitrogens with zero attached hydrogens (tertiary/aromatic N) is 4. The van der Waals surface area contributed by atoms with Crippen molar-refractivity contribution in [1.29, 1.82) is 5.26 Å². The lowest BCUT2D eigenvalue weighted by Crippen LogP contribution is -2.39. The minimum atomic E-state index is -0.113. The van der Waals surface area contributed by atoms with Gasteiger partial charge in [-0.2, -0.15) is 5.26 Å². The van der Waals surface area contributed by atoms with Gasteiger partial charge in [0.2, 0.25) is 18.2 Å². The van der Waals surface area contributed by atoms with E-state index in [1.54, 1.807) is 31.2 Å². The number of ether oxygens (including phenoxy) is 2. The zero-order chi connectivity index (χ0) is 54.1. The van der Waals surface area contributed by atoms with Crippen LogP contribution in [0.25, 0.3) is 0 Å². The predicted molar refractivity (Wildman–Crippen MR) is 283 cm³/mol. The fourth-order valence-corrected chi connectivity index (χ4v) is 13.3. The van der Waals surface area contributed by atoms with Gasteiger partial charge in [-0.3, -0.25) is 9.59 Å². The first-order valence-electron chi connectivity index (χ1n) is 25.2. The number of aromatic amines is 2. The quantitative estimate of drug-likeness (QED) is 0.0383. The van der Waals surface area contributed by atoms with E-state index < -0.39 is 0 Å². The molecule has 396 valence electrons. The van der Waals surface area contributed by atoms with Crippen LogP contribution >= 0.6 is 0 Å². The number of aliphatic imine (C=N–C) groups is 3. The standard InChI is InChI=1S/C36H54N4O4.C12H18N2O2.C8H12N2O2/c1-25(12-28-15-33(4,5)19-35(8,17-28)21-38-24-41)39-32-14-31(42)30(27(3)40-32)10-11-44-26(2)13-29-16-34(6,7)20-36(9,18-29)22-43-23-37;1-11(2)4-10(14-9-16)5-12(3,6-11)7-13-8-15;1-5-6(2-3-11)7(12)4-8(9)10-5/h14,28-29H,1-2,10-13,15-22H2,3-9H3,(H2,39,40,42);10H,4-7H2,1-3H3;4,11H,2-3H2,1H3,(H3,9,10,12). The highest BCUT2D eigenvalue weighted by molar-refractivity contribution is 5.43. The summed E-state index contributed by atoms with van der Waals surface area (Å²) >= 11 is 0. The van der Waals surface area contributed by atoms with Gasteiger partial charge >= 0.3 is 0 Å². The molecule has 3 fully saturated rings. The van der Waals surface area contributed by atoms with Crippen LogP contribution < -0.4 is 21.9 Å². The Kier molecular flexibility index (Phi) is 22.0. The monoisotopic (exact) mass is 997 g/mol. The van der Waals surface area contributed by atoms with E-state index in [9.17, 15) is 24.0 Å². The molecule has 16 heteroatoms. The molecule has 2 aromatic heterocycles. The Morgan fingerprint density at radius 1 is 0.750 bits per heavy atom. The average molecular weight is 997 g/mol. The van der Waals surface area contributed by atoms with Gasteiger partial charge in [0, 0.05) is 71.6 Å². The van der Waals surface area contributed by atoms with E-state index >= 15 is 0 Å². The van der Waals surface area contributed by atoms with Crippen molar-refractivity contribution in [3.05, 3.63) is 79.7 Å². The van der Waals surface area contributed by atoms with Gasteiger partial charge in [0.1, 0.15) is 18.2 Å². The van der Waals surface area contributed by atoms with Crippen molar-refractivity contribution in [2.45, 2.75) is 166 Å². The van der Waals surface area contributed by atoms with Crippen molar-refractivity contribution in [2.24, 2.45) is 59.3 Å². The zero-order valence-corrected chi connectivity index (χ0v) is 45.2. The van der Waals surface area contributed by atoms with Crippen molar-refractivity contribution in [1.82, 2.24) is 9.97 Å². The molecule has 3 aliphatic rings. The number of H-pyrrole nitrogens is 2. The van der Waals surface area contributed by atoms with E-state index in [4.69, 9.17) is 25.6 Å². The molecule has 16 nitrogen and oxygen atoms in total. The number of nitrogens with two attached hydrogens (primary N) is 1. The van der Waals surface area contributed by atoms with E-state index in [1.165, 1.54) is 6.07 Å². The molecule has 0 spiro atoms. The summed E-state index contributed by atoms with van der Waals surface area (Å²) in [7, 11) is 0. The number of allylic oxidation sites excluding steroid dienone is 2. The molecule has 6 unspecified atom stereocenters. The van der Waals surface area contributed by atoms with Crippen molar-refractivity contribution in [3.8, 4) is 6.26 Å². The van der Waals surface area contributed by atoms with Crippen LogP contribution in [0, 0.1) is 69.7 Å². The molecule has 3 saturated carbocycles. The Morgan fingerprint density at radius 3 is 1.81 bits per heavy atom. The summed E-state index contributed by atoms with van der Waals surface area (Å²) in [4.78, 5) is 73.2. The number of hydrogen-bond acceptors (Lipinski definition) is 14. The van der Waals surface area contributed by atoms with Gasteiger partial charge in [-0.25, -0.2) is 29.4 Å². The summed E-state index contributed by atoms with van der Waals surface area (Å²) in [6, 6.07) is 2.94. The summed E-state index contributed by atoms with van der Waals surface area (Å²) in [6.07, 6.45) is 17.9. The average Bonchev–Trinajstić information content (AvgIpc) is 3.22. The molecular weight excluding hydrogens is 913 g/mol. The van der Waals surface area contributed by atoms with Crippen LogP contribution in [0.2, 0.25) is 0 Å². The van der Waals surface area contributed by atoms with E-state index in [2.05, 4.69) is 106 Å². The maximum absolute atomic E-state index is 13.1. The number of isocyanates is 3. The third-order valence-electron chi connectivity index (χ3n) is 14.3. The fourth-order valence-electron chi connectivity index (χ4n) is 13.3. The van der Waals surface area contributed by atoms with E-state index in [-0.39, 0.29) is 56.0 Å². The van der Waals surface area contributed by atoms with Crippen LogP contribution in [-0.4, -0.2) is 72.3 Å². The molecule has 6 atom stereocenters. The Morgan fingerprint density at radius 2 is 1.26 bits per heavy atom. The van der Waals surface area contributed by atoms with Gasteiger partial charge < -0.3 is 35.6 Å². The first kappa shape index (κ1) is 60.5. The molecular formula is C56H84N8O8. The van der Waals surface area contributed by atoms with E-state index in [0.717, 1.165) is 93.5 Å². The van der Waals surface area contributed by atoms with Crippen LogP contribution in [-0.2, 0) is 36.7 Å². The highest BCUT2D eigenvalue weighted by Gasteiger charge is 2.44. The highest BCUT2D eigenvalue weighted by atomic mass is 16.5. The van der Waals surface area contributed by atoms with Gasteiger partial charge in [0.05, 0.1) is 31.5 Å². The summed E-state index contributed by atoms with van der Waals surface area (Å²) in [5.74, 6) is 2.54. The number of aliphatic hydroxyl groups excluding tert-OH is 1. The smallest absolute Gasteiger partial charge is 0.286 e. The number of rotatable bonds is 19. The van der Waals surface area contributed by atoms with Gasteiger partial charge in [-0.15, -0.1) is 0 Å². The maximum atomic E-state index is 13.1. The van der Waals surface area contributed by atoms with Crippen molar-refractivity contribution >= 4 is 29.9 Å². The lowest BCUT2D eigenvalue weighted by Gasteiger charge is -2.46. The molecule has 0 saturated heterocycles. The largest absolute Gasteiger partial charge is 0.498 e. The van der Waals surface area contributed by atoms with Gasteiger partial charge in [0.25, 0.3) is 6.26 Å².